The number of amides is 1. The second kappa shape index (κ2) is 7.47. The second-order valence-corrected chi connectivity index (χ2v) is 6.35. The summed E-state index contributed by atoms with van der Waals surface area (Å²) in [6.45, 7) is 2.30. The standard InChI is InChI=1S/C18H15ClN2O2S/c1-2-23-17-15(16(22)20-14-6-4-3-5-7-14)24-18(21-17)12-8-10-13(19)11-9-12/h3-11H,2H2,1H3,(H,20,22). The smallest absolute Gasteiger partial charge is 0.271 e. The molecular weight excluding hydrogens is 344 g/mol. The van der Waals surface area contributed by atoms with Gasteiger partial charge in [0.1, 0.15) is 5.01 Å². The topological polar surface area (TPSA) is 51.2 Å². The minimum absolute atomic E-state index is 0.234. The molecule has 0 aliphatic heterocycles. The van der Waals surface area contributed by atoms with Gasteiger partial charge < -0.3 is 10.1 Å². The van der Waals surface area contributed by atoms with Gasteiger partial charge in [-0.2, -0.15) is 0 Å². The maximum absolute atomic E-state index is 12.6. The van der Waals surface area contributed by atoms with E-state index < -0.39 is 0 Å². The Kier molecular flexibility index (Phi) is 5.13. The van der Waals surface area contributed by atoms with Gasteiger partial charge in [-0.3, -0.25) is 4.79 Å². The van der Waals surface area contributed by atoms with Crippen LogP contribution in [0, 0.1) is 0 Å². The fourth-order valence-corrected chi connectivity index (χ4v) is 3.15. The number of halogens is 1. The Hall–Kier alpha value is -2.37. The molecule has 0 bridgehead atoms. The lowest BCUT2D eigenvalue weighted by Crippen LogP contribution is -2.11. The molecule has 0 unspecified atom stereocenters. The predicted octanol–water partition coefficient (Wildman–Crippen LogP) is 5.11. The molecule has 1 N–H and O–H groups in total. The number of hydrogen-bond acceptors (Lipinski definition) is 4. The lowest BCUT2D eigenvalue weighted by molar-refractivity contribution is 0.102. The molecule has 0 saturated carbocycles. The zero-order valence-electron chi connectivity index (χ0n) is 13.0. The van der Waals surface area contributed by atoms with Crippen molar-refractivity contribution in [2.75, 3.05) is 11.9 Å². The third-order valence-corrected chi connectivity index (χ3v) is 4.54. The molecule has 1 amide bonds. The monoisotopic (exact) mass is 358 g/mol. The van der Waals surface area contributed by atoms with Crippen LogP contribution in [-0.4, -0.2) is 17.5 Å². The molecule has 2 aromatic carbocycles. The zero-order valence-corrected chi connectivity index (χ0v) is 14.5. The summed E-state index contributed by atoms with van der Waals surface area (Å²) >= 11 is 7.21. The highest BCUT2D eigenvalue weighted by molar-refractivity contribution is 7.17. The summed E-state index contributed by atoms with van der Waals surface area (Å²) < 4.78 is 5.53. The van der Waals surface area contributed by atoms with Gasteiger partial charge in [-0.05, 0) is 31.2 Å². The van der Waals surface area contributed by atoms with E-state index in [1.54, 1.807) is 12.1 Å². The van der Waals surface area contributed by atoms with E-state index in [-0.39, 0.29) is 5.91 Å². The van der Waals surface area contributed by atoms with Crippen LogP contribution in [-0.2, 0) is 0 Å². The van der Waals surface area contributed by atoms with E-state index >= 15 is 0 Å². The lowest BCUT2D eigenvalue weighted by Gasteiger charge is -2.04. The maximum atomic E-state index is 12.6. The van der Waals surface area contributed by atoms with E-state index in [4.69, 9.17) is 16.3 Å². The van der Waals surface area contributed by atoms with E-state index in [1.807, 2.05) is 49.4 Å². The largest absolute Gasteiger partial charge is 0.477 e. The summed E-state index contributed by atoms with van der Waals surface area (Å²) in [6.07, 6.45) is 0. The van der Waals surface area contributed by atoms with E-state index in [9.17, 15) is 4.79 Å². The predicted molar refractivity (Wildman–Crippen MR) is 98.1 cm³/mol. The molecule has 3 aromatic rings. The number of nitrogens with one attached hydrogen (secondary N) is 1. The molecule has 3 rings (SSSR count). The summed E-state index contributed by atoms with van der Waals surface area (Å²) in [5, 5.41) is 4.23. The van der Waals surface area contributed by atoms with E-state index in [1.165, 1.54) is 11.3 Å². The molecule has 1 aromatic heterocycles. The van der Waals surface area contributed by atoms with Crippen LogP contribution in [0.25, 0.3) is 10.6 Å². The number of nitrogens with zero attached hydrogens (tertiary/aromatic N) is 1. The quantitative estimate of drug-likeness (QED) is 0.689. The number of carbonyl (C=O) groups is 1. The number of para-hydroxylation sites is 1. The number of aromatic nitrogens is 1. The lowest BCUT2D eigenvalue weighted by atomic mass is 10.2. The highest BCUT2D eigenvalue weighted by atomic mass is 35.5. The van der Waals surface area contributed by atoms with Crippen molar-refractivity contribution in [1.82, 2.24) is 4.98 Å². The molecule has 0 saturated heterocycles. The molecule has 1 heterocycles. The Morgan fingerprint density at radius 1 is 1.17 bits per heavy atom. The van der Waals surface area contributed by atoms with Crippen LogP contribution in [0.1, 0.15) is 16.6 Å². The van der Waals surface area contributed by atoms with Gasteiger partial charge in [0.25, 0.3) is 5.91 Å². The van der Waals surface area contributed by atoms with Crippen molar-refractivity contribution in [1.29, 1.82) is 0 Å². The summed E-state index contributed by atoms with van der Waals surface area (Å²) in [5.41, 5.74) is 1.62. The van der Waals surface area contributed by atoms with Crippen molar-refractivity contribution in [2.45, 2.75) is 6.92 Å². The summed E-state index contributed by atoms with van der Waals surface area (Å²) in [4.78, 5) is 17.5. The number of thiazole rings is 1. The van der Waals surface area contributed by atoms with Crippen molar-refractivity contribution in [2.24, 2.45) is 0 Å². The number of ether oxygens (including phenoxy) is 1. The van der Waals surface area contributed by atoms with Crippen molar-refractivity contribution >= 4 is 34.5 Å². The van der Waals surface area contributed by atoms with Gasteiger partial charge in [0, 0.05) is 16.3 Å². The molecular formula is C18H15ClN2O2S. The van der Waals surface area contributed by atoms with E-state index in [2.05, 4.69) is 10.3 Å². The third kappa shape index (κ3) is 3.75. The van der Waals surface area contributed by atoms with Crippen LogP contribution in [0.3, 0.4) is 0 Å². The first-order valence-corrected chi connectivity index (χ1v) is 8.62. The third-order valence-electron chi connectivity index (χ3n) is 3.21. The fraction of sp³-hybridized carbons (Fsp3) is 0.111. The number of benzene rings is 2. The first-order chi connectivity index (χ1) is 11.7. The van der Waals surface area contributed by atoms with Crippen LogP contribution in [0.5, 0.6) is 5.88 Å². The van der Waals surface area contributed by atoms with Crippen molar-refractivity contribution < 1.29 is 9.53 Å². The van der Waals surface area contributed by atoms with Gasteiger partial charge in [0.05, 0.1) is 6.61 Å². The number of anilines is 1. The maximum Gasteiger partial charge on any atom is 0.271 e. The highest BCUT2D eigenvalue weighted by Gasteiger charge is 2.20. The van der Waals surface area contributed by atoms with E-state index in [0.717, 1.165) is 11.3 Å². The minimum atomic E-state index is -0.234. The Balaban J connectivity index is 1.91. The molecule has 4 nitrogen and oxygen atoms in total. The molecule has 0 aliphatic carbocycles. The van der Waals surface area contributed by atoms with Crippen molar-refractivity contribution in [3.8, 4) is 16.5 Å². The van der Waals surface area contributed by atoms with Crippen LogP contribution in [0.15, 0.2) is 54.6 Å². The van der Waals surface area contributed by atoms with Crippen LogP contribution in [0.4, 0.5) is 5.69 Å². The molecule has 0 atom stereocenters. The number of hydrogen-bond donors (Lipinski definition) is 1. The normalized spacial score (nSPS) is 10.4. The second-order valence-electron chi connectivity index (χ2n) is 4.91. The average molecular weight is 359 g/mol. The van der Waals surface area contributed by atoms with Crippen molar-refractivity contribution in [3.05, 3.63) is 64.5 Å². The molecule has 0 fully saturated rings. The van der Waals surface area contributed by atoms with Gasteiger partial charge in [0.15, 0.2) is 4.88 Å². The van der Waals surface area contributed by atoms with Gasteiger partial charge >= 0.3 is 0 Å². The molecule has 0 spiro atoms. The summed E-state index contributed by atoms with van der Waals surface area (Å²) in [6, 6.07) is 16.6. The minimum Gasteiger partial charge on any atom is -0.477 e. The van der Waals surface area contributed by atoms with E-state index in [0.29, 0.717) is 27.4 Å². The summed E-state index contributed by atoms with van der Waals surface area (Å²) in [7, 11) is 0. The molecule has 6 heteroatoms. The number of rotatable bonds is 5. The Bertz CT molecular complexity index is 832. The highest BCUT2D eigenvalue weighted by Crippen LogP contribution is 2.33. The first-order valence-electron chi connectivity index (χ1n) is 7.43. The van der Waals surface area contributed by atoms with Gasteiger partial charge in [-0.1, -0.05) is 41.9 Å². The van der Waals surface area contributed by atoms with Gasteiger partial charge in [-0.25, -0.2) is 4.98 Å². The molecule has 24 heavy (non-hydrogen) atoms. The zero-order chi connectivity index (χ0) is 16.9. The van der Waals surface area contributed by atoms with Crippen LogP contribution in [0.2, 0.25) is 5.02 Å². The van der Waals surface area contributed by atoms with Crippen LogP contribution >= 0.6 is 22.9 Å². The van der Waals surface area contributed by atoms with Crippen LogP contribution < -0.4 is 10.1 Å². The van der Waals surface area contributed by atoms with Gasteiger partial charge in [0.2, 0.25) is 5.88 Å². The summed E-state index contributed by atoms with van der Waals surface area (Å²) in [5.74, 6) is 0.114. The molecule has 0 radical (unpaired) electrons. The molecule has 122 valence electrons. The number of carbonyl (C=O) groups excluding carboxylic acids is 1. The van der Waals surface area contributed by atoms with Crippen molar-refractivity contribution in [3.63, 3.8) is 0 Å². The SMILES string of the molecule is CCOc1nc(-c2ccc(Cl)cc2)sc1C(=O)Nc1ccccc1. The molecule has 0 aliphatic rings. The first kappa shape index (κ1) is 16.5. The Labute approximate surface area is 149 Å². The average Bonchev–Trinajstić information content (AvgIpc) is 3.01. The Morgan fingerprint density at radius 3 is 2.54 bits per heavy atom. The Morgan fingerprint density at radius 2 is 1.88 bits per heavy atom. The fourth-order valence-electron chi connectivity index (χ4n) is 2.11. The van der Waals surface area contributed by atoms with Gasteiger partial charge in [-0.15, -0.1) is 11.3 Å².